The molecule has 1 aliphatic heterocycles. The van der Waals surface area contributed by atoms with Gasteiger partial charge in [-0.25, -0.2) is 4.79 Å². The lowest BCUT2D eigenvalue weighted by molar-refractivity contribution is -0.0330. The second kappa shape index (κ2) is 5.82. The molecule has 0 amide bonds. The molecule has 0 aromatic carbocycles. The molecule has 0 aliphatic carbocycles. The van der Waals surface area contributed by atoms with E-state index < -0.39 is 17.5 Å². The van der Waals surface area contributed by atoms with Crippen molar-refractivity contribution in [3.8, 4) is 6.07 Å². The summed E-state index contributed by atoms with van der Waals surface area (Å²) in [4.78, 5) is 24.8. The Labute approximate surface area is 109 Å². The lowest BCUT2D eigenvalue weighted by Crippen LogP contribution is -2.31. The lowest BCUT2D eigenvalue weighted by atomic mass is 9.96. The van der Waals surface area contributed by atoms with E-state index in [0.717, 1.165) is 0 Å². The smallest absolute Gasteiger partial charge is 0.330 e. The third kappa shape index (κ3) is 2.92. The molecule has 2 rings (SSSR count). The van der Waals surface area contributed by atoms with Crippen LogP contribution in [0.2, 0.25) is 0 Å². The summed E-state index contributed by atoms with van der Waals surface area (Å²) in [6.45, 7) is -0.148. The molecule has 0 spiro atoms. The van der Waals surface area contributed by atoms with Gasteiger partial charge in [0.1, 0.15) is 6.23 Å². The van der Waals surface area contributed by atoms with E-state index in [1.165, 1.54) is 16.8 Å². The summed E-state index contributed by atoms with van der Waals surface area (Å²) in [5.41, 5.74) is -0.992. The van der Waals surface area contributed by atoms with Crippen LogP contribution in [0.25, 0.3) is 0 Å². The van der Waals surface area contributed by atoms with E-state index in [1.807, 2.05) is 0 Å². The highest BCUT2D eigenvalue weighted by Crippen LogP contribution is 2.34. The number of nitrogens with zero attached hydrogens (tertiary/aromatic N) is 2. The highest BCUT2D eigenvalue weighted by atomic mass is 16.5. The molecule has 0 radical (unpaired) electrons. The minimum atomic E-state index is -0.532. The maximum atomic E-state index is 11.7. The van der Waals surface area contributed by atoms with Crippen molar-refractivity contribution < 1.29 is 9.84 Å². The minimum absolute atomic E-state index is 0.0356. The third-order valence-electron chi connectivity index (χ3n) is 3.33. The Morgan fingerprint density at radius 1 is 1.58 bits per heavy atom. The highest BCUT2D eigenvalue weighted by Gasteiger charge is 2.35. The number of aliphatic hydroxyl groups is 1. The number of aliphatic hydroxyl groups excluding tert-OH is 1. The SMILES string of the molecule is N#CCCC1C[C@H](n2ccc(=O)[nH]c2=O)O[C@@H]1CO. The van der Waals surface area contributed by atoms with E-state index in [4.69, 9.17) is 10.00 Å². The highest BCUT2D eigenvalue weighted by molar-refractivity contribution is 4.89. The molecule has 3 atom stereocenters. The van der Waals surface area contributed by atoms with E-state index in [0.29, 0.717) is 19.3 Å². The standard InChI is InChI=1S/C12H15N3O4/c13-4-1-2-8-6-11(19-9(8)7-16)15-5-3-10(17)14-12(15)18/h3,5,8-9,11,16H,1-2,6-7H2,(H,14,17,18)/t8?,9-,11-/m1/s1. The molecule has 1 saturated heterocycles. The van der Waals surface area contributed by atoms with Crippen LogP contribution in [0.5, 0.6) is 0 Å². The quantitative estimate of drug-likeness (QED) is 0.779. The van der Waals surface area contributed by atoms with Crippen LogP contribution < -0.4 is 11.2 Å². The number of nitrogens with one attached hydrogen (secondary N) is 1. The monoisotopic (exact) mass is 265 g/mol. The Morgan fingerprint density at radius 3 is 3.00 bits per heavy atom. The number of aromatic nitrogens is 2. The molecular formula is C12H15N3O4. The van der Waals surface area contributed by atoms with Crippen molar-refractivity contribution in [3.63, 3.8) is 0 Å². The van der Waals surface area contributed by atoms with Crippen LogP contribution in [0.3, 0.4) is 0 Å². The number of aromatic amines is 1. The Bertz CT molecular complexity index is 586. The molecule has 7 nitrogen and oxygen atoms in total. The molecule has 2 N–H and O–H groups in total. The lowest BCUT2D eigenvalue weighted by Gasteiger charge is -2.14. The largest absolute Gasteiger partial charge is 0.394 e. The minimum Gasteiger partial charge on any atom is -0.394 e. The average molecular weight is 265 g/mol. The van der Waals surface area contributed by atoms with Gasteiger partial charge >= 0.3 is 5.69 Å². The Hall–Kier alpha value is -1.91. The molecule has 0 saturated carbocycles. The van der Waals surface area contributed by atoms with Gasteiger partial charge < -0.3 is 9.84 Å². The van der Waals surface area contributed by atoms with E-state index in [2.05, 4.69) is 11.1 Å². The average Bonchev–Trinajstić information content (AvgIpc) is 2.79. The van der Waals surface area contributed by atoms with Gasteiger partial charge in [0, 0.05) is 18.7 Å². The van der Waals surface area contributed by atoms with Crippen LogP contribution in [-0.2, 0) is 4.74 Å². The van der Waals surface area contributed by atoms with Gasteiger partial charge in [-0.15, -0.1) is 0 Å². The molecule has 102 valence electrons. The fourth-order valence-corrected chi connectivity index (χ4v) is 2.36. The maximum Gasteiger partial charge on any atom is 0.330 e. The molecule has 1 unspecified atom stereocenters. The zero-order valence-electron chi connectivity index (χ0n) is 10.3. The van der Waals surface area contributed by atoms with Crippen molar-refractivity contribution in [3.05, 3.63) is 33.1 Å². The number of ether oxygens (including phenoxy) is 1. The first kappa shape index (κ1) is 13.5. The first-order valence-electron chi connectivity index (χ1n) is 6.10. The number of hydrogen-bond donors (Lipinski definition) is 2. The summed E-state index contributed by atoms with van der Waals surface area (Å²) in [7, 11) is 0. The van der Waals surface area contributed by atoms with Crippen molar-refractivity contribution >= 4 is 0 Å². The van der Waals surface area contributed by atoms with Gasteiger partial charge in [0.2, 0.25) is 0 Å². The van der Waals surface area contributed by atoms with Gasteiger partial charge in [-0.3, -0.25) is 14.3 Å². The summed E-state index contributed by atoms with van der Waals surface area (Å²) >= 11 is 0. The van der Waals surface area contributed by atoms with Crippen molar-refractivity contribution in [1.82, 2.24) is 9.55 Å². The van der Waals surface area contributed by atoms with Gasteiger partial charge in [0.05, 0.1) is 18.8 Å². The van der Waals surface area contributed by atoms with E-state index in [-0.39, 0.29) is 18.6 Å². The topological polar surface area (TPSA) is 108 Å². The predicted octanol–water partition coefficient (Wildman–Crippen LogP) is -0.264. The van der Waals surface area contributed by atoms with Crippen LogP contribution in [0, 0.1) is 17.2 Å². The molecule has 2 heterocycles. The number of hydrogen-bond acceptors (Lipinski definition) is 5. The summed E-state index contributed by atoms with van der Waals surface area (Å²) in [5, 5.41) is 17.9. The first-order valence-corrected chi connectivity index (χ1v) is 6.10. The molecule has 1 aromatic rings. The fraction of sp³-hybridized carbons (Fsp3) is 0.583. The van der Waals surface area contributed by atoms with Crippen LogP contribution in [0.15, 0.2) is 21.9 Å². The first-order chi connectivity index (χ1) is 9.15. The second-order valence-electron chi connectivity index (χ2n) is 4.52. The molecule has 1 aliphatic rings. The second-order valence-corrected chi connectivity index (χ2v) is 4.52. The number of H-pyrrole nitrogens is 1. The summed E-state index contributed by atoms with van der Waals surface area (Å²) in [5.74, 6) is 0.0356. The van der Waals surface area contributed by atoms with Gasteiger partial charge in [0.15, 0.2) is 0 Å². The maximum absolute atomic E-state index is 11.7. The van der Waals surface area contributed by atoms with Crippen molar-refractivity contribution in [2.75, 3.05) is 6.61 Å². The van der Waals surface area contributed by atoms with Crippen molar-refractivity contribution in [1.29, 1.82) is 5.26 Å². The van der Waals surface area contributed by atoms with E-state index in [9.17, 15) is 14.7 Å². The number of rotatable bonds is 4. The Balaban J connectivity index is 2.17. The van der Waals surface area contributed by atoms with Crippen molar-refractivity contribution in [2.24, 2.45) is 5.92 Å². The Kier molecular flexibility index (Phi) is 4.14. The molecule has 1 aromatic heterocycles. The summed E-state index contributed by atoms with van der Waals surface area (Å²) < 4.78 is 6.91. The predicted molar refractivity (Wildman–Crippen MR) is 65.3 cm³/mol. The summed E-state index contributed by atoms with van der Waals surface area (Å²) in [6, 6.07) is 3.31. The van der Waals surface area contributed by atoms with Gasteiger partial charge in [0.25, 0.3) is 5.56 Å². The summed E-state index contributed by atoms with van der Waals surface area (Å²) in [6.07, 6.45) is 2.04. The fourth-order valence-electron chi connectivity index (χ4n) is 2.36. The van der Waals surface area contributed by atoms with Crippen LogP contribution >= 0.6 is 0 Å². The van der Waals surface area contributed by atoms with E-state index >= 15 is 0 Å². The van der Waals surface area contributed by atoms with Gasteiger partial charge in [-0.05, 0) is 18.8 Å². The van der Waals surface area contributed by atoms with Crippen LogP contribution in [0.4, 0.5) is 0 Å². The van der Waals surface area contributed by atoms with Gasteiger partial charge in [-0.2, -0.15) is 5.26 Å². The van der Waals surface area contributed by atoms with Gasteiger partial charge in [-0.1, -0.05) is 0 Å². The Morgan fingerprint density at radius 2 is 2.37 bits per heavy atom. The van der Waals surface area contributed by atoms with Crippen molar-refractivity contribution in [2.45, 2.75) is 31.6 Å². The molecule has 1 fully saturated rings. The molecule has 0 bridgehead atoms. The molecule has 19 heavy (non-hydrogen) atoms. The molecular weight excluding hydrogens is 250 g/mol. The normalized spacial score (nSPS) is 26.2. The van der Waals surface area contributed by atoms with Crippen LogP contribution in [0.1, 0.15) is 25.5 Å². The zero-order chi connectivity index (χ0) is 13.8. The van der Waals surface area contributed by atoms with E-state index in [1.54, 1.807) is 0 Å². The number of nitriles is 1. The molecule has 7 heteroatoms. The zero-order valence-corrected chi connectivity index (χ0v) is 10.3. The van der Waals surface area contributed by atoms with Crippen LogP contribution in [-0.4, -0.2) is 27.4 Å². The third-order valence-corrected chi connectivity index (χ3v) is 3.33.